The number of para-hydroxylation sites is 1. The molecule has 0 saturated heterocycles. The summed E-state index contributed by atoms with van der Waals surface area (Å²) >= 11 is 5.69. The van der Waals surface area contributed by atoms with Gasteiger partial charge in [0.1, 0.15) is 16.5 Å². The van der Waals surface area contributed by atoms with Crippen LogP contribution in [0.4, 0.5) is 11.4 Å². The summed E-state index contributed by atoms with van der Waals surface area (Å²) in [4.78, 5) is 9.32. The smallest absolute Gasteiger partial charge is 0.113 e. The van der Waals surface area contributed by atoms with Crippen molar-refractivity contribution in [2.45, 2.75) is 25.3 Å². The van der Waals surface area contributed by atoms with Crippen LogP contribution in [0.2, 0.25) is 0 Å². The summed E-state index contributed by atoms with van der Waals surface area (Å²) in [5.74, 6) is 0. The molecule has 0 N–H and O–H groups in total. The van der Waals surface area contributed by atoms with Crippen molar-refractivity contribution in [2.24, 2.45) is 4.99 Å². The van der Waals surface area contributed by atoms with E-state index in [0.29, 0.717) is 0 Å². The molecule has 46 heavy (non-hydrogen) atoms. The molecule has 0 saturated carbocycles. The topological polar surface area (TPSA) is 15.6 Å². The van der Waals surface area contributed by atoms with Crippen LogP contribution in [-0.2, 0) is 0 Å². The van der Waals surface area contributed by atoms with Gasteiger partial charge in [0.15, 0.2) is 0 Å². The predicted octanol–water partition coefficient (Wildman–Crippen LogP) is 12.4. The van der Waals surface area contributed by atoms with E-state index in [0.717, 1.165) is 5.04 Å². The molecule has 8 aromatic rings. The molecule has 4 heterocycles. The first-order chi connectivity index (χ1) is 22.6. The van der Waals surface area contributed by atoms with Crippen molar-refractivity contribution in [1.82, 2.24) is 0 Å². The first-order valence-electron chi connectivity index (χ1n) is 15.7. The average Bonchev–Trinajstić information content (AvgIpc) is 3.87. The highest BCUT2D eigenvalue weighted by Gasteiger charge is 2.45. The van der Waals surface area contributed by atoms with Crippen LogP contribution in [0.5, 0.6) is 0 Å². The van der Waals surface area contributed by atoms with E-state index >= 15 is 0 Å². The first kappa shape index (κ1) is 26.8. The maximum atomic E-state index is 5.44. The fourth-order valence-corrected chi connectivity index (χ4v) is 11.1. The van der Waals surface area contributed by atoms with E-state index in [-0.39, 0.29) is 11.4 Å². The maximum absolute atomic E-state index is 5.44. The average molecular weight is 645 g/mol. The van der Waals surface area contributed by atoms with Crippen molar-refractivity contribution in [3.63, 3.8) is 0 Å². The summed E-state index contributed by atoms with van der Waals surface area (Å²) in [6.07, 6.45) is 0. The number of aryl methyl sites for hydroxylation is 2. The van der Waals surface area contributed by atoms with Gasteiger partial charge in [0.2, 0.25) is 0 Å². The van der Waals surface area contributed by atoms with Crippen molar-refractivity contribution in [1.29, 1.82) is 0 Å². The number of nitrogens with zero attached hydrogens (tertiary/aromatic N) is 2. The molecule has 0 fully saturated rings. The van der Waals surface area contributed by atoms with Gasteiger partial charge in [0.25, 0.3) is 0 Å². The van der Waals surface area contributed by atoms with Crippen LogP contribution >= 0.6 is 34.4 Å². The molecule has 6 aromatic carbocycles. The van der Waals surface area contributed by atoms with Gasteiger partial charge in [-0.25, -0.2) is 0 Å². The van der Waals surface area contributed by atoms with E-state index in [1.54, 1.807) is 0 Å². The third-order valence-electron chi connectivity index (χ3n) is 9.61. The first-order valence-corrected chi connectivity index (χ1v) is 18.2. The van der Waals surface area contributed by atoms with Crippen molar-refractivity contribution >= 4 is 92.6 Å². The zero-order valence-corrected chi connectivity index (χ0v) is 27.8. The summed E-state index contributed by atoms with van der Waals surface area (Å²) in [5, 5.41) is 11.7. The third-order valence-corrected chi connectivity index (χ3v) is 13.1. The van der Waals surface area contributed by atoms with E-state index in [1.807, 2.05) is 34.4 Å². The molecule has 0 amide bonds. The Morgan fingerprint density at radius 1 is 0.652 bits per heavy atom. The molecule has 0 radical (unpaired) electrons. The standard InChI is InChI=1S/C41H28N2S3/c1-23-22-44-39-33-19-24(2)45-38(33)30-17-15-28(21-32(30)35(23)39)27-14-13-25-16-18-34-36(31(25)20-27)37-41(43(34)29-11-7-4-8-12-29)46-40(42-37)26-9-5-3-6-10-26/h3-22,37,41H,1-2H3. The normalized spacial score (nSPS) is 17.3. The summed E-state index contributed by atoms with van der Waals surface area (Å²) in [5.41, 5.74) is 8.87. The Hall–Kier alpha value is -4.42. The Balaban J connectivity index is 1.18. The molecule has 2 atom stereocenters. The lowest BCUT2D eigenvalue weighted by molar-refractivity contribution is 0.752. The molecule has 2 unspecified atom stereocenters. The third kappa shape index (κ3) is 3.86. The summed E-state index contributed by atoms with van der Waals surface area (Å²) < 4.78 is 2.82. The molecule has 0 bridgehead atoms. The number of hydrogen-bond acceptors (Lipinski definition) is 5. The predicted molar refractivity (Wildman–Crippen MR) is 203 cm³/mol. The van der Waals surface area contributed by atoms with Crippen molar-refractivity contribution in [3.05, 3.63) is 142 Å². The number of fused-ring (bicyclic) bond motifs is 11. The van der Waals surface area contributed by atoms with Crippen LogP contribution < -0.4 is 4.90 Å². The SMILES string of the molecule is Cc1cc2c(s1)c1ccc(-c3ccc4ccc5c(c4c3)C3N=C(c4ccccc4)SC3N5c3ccccc3)cc1c1c(C)csc21. The Kier molecular flexibility index (Phi) is 5.84. The number of thiophene rings is 2. The van der Waals surface area contributed by atoms with Crippen molar-refractivity contribution in [3.8, 4) is 11.1 Å². The molecule has 2 nitrogen and oxygen atoms in total. The van der Waals surface area contributed by atoms with E-state index in [4.69, 9.17) is 4.99 Å². The van der Waals surface area contributed by atoms with Crippen molar-refractivity contribution in [2.75, 3.05) is 4.90 Å². The Morgan fingerprint density at radius 2 is 1.39 bits per heavy atom. The minimum Gasteiger partial charge on any atom is -0.326 e. The molecule has 2 aliphatic rings. The highest BCUT2D eigenvalue weighted by Crippen LogP contribution is 2.56. The molecular weight excluding hydrogens is 617 g/mol. The molecule has 10 rings (SSSR count). The molecule has 0 aliphatic carbocycles. The van der Waals surface area contributed by atoms with Crippen molar-refractivity contribution < 1.29 is 0 Å². The Labute approximate surface area is 279 Å². The minimum atomic E-state index is 0.0504. The van der Waals surface area contributed by atoms with E-state index in [1.165, 1.54) is 85.8 Å². The second kappa shape index (κ2) is 10.0. The van der Waals surface area contributed by atoms with Crippen LogP contribution in [0, 0.1) is 13.8 Å². The summed E-state index contributed by atoms with van der Waals surface area (Å²) in [6.45, 7) is 4.48. The van der Waals surface area contributed by atoms with E-state index in [9.17, 15) is 0 Å². The van der Waals surface area contributed by atoms with Crippen LogP contribution in [0.15, 0.2) is 126 Å². The van der Waals surface area contributed by atoms with E-state index in [2.05, 4.69) is 139 Å². The van der Waals surface area contributed by atoms with Gasteiger partial charge in [0, 0.05) is 52.9 Å². The fourth-order valence-electron chi connectivity index (χ4n) is 7.56. The quantitative estimate of drug-likeness (QED) is 0.190. The summed E-state index contributed by atoms with van der Waals surface area (Å²) in [7, 11) is 0. The highest BCUT2D eigenvalue weighted by molar-refractivity contribution is 8.15. The number of aliphatic imine (C=N–C) groups is 1. The number of hydrogen-bond donors (Lipinski definition) is 0. The van der Waals surface area contributed by atoms with Gasteiger partial charge in [-0.1, -0.05) is 90.6 Å². The van der Waals surface area contributed by atoms with Gasteiger partial charge >= 0.3 is 0 Å². The number of benzene rings is 6. The molecule has 2 aromatic heterocycles. The lowest BCUT2D eigenvalue weighted by Gasteiger charge is -2.26. The van der Waals surface area contributed by atoms with Gasteiger partial charge in [-0.2, -0.15) is 0 Å². The van der Waals surface area contributed by atoms with E-state index < -0.39 is 0 Å². The molecule has 0 spiro atoms. The largest absolute Gasteiger partial charge is 0.326 e. The maximum Gasteiger partial charge on any atom is 0.113 e. The number of anilines is 2. The second-order valence-corrected chi connectivity index (χ2v) is 15.6. The Bertz CT molecular complexity index is 2540. The molecular formula is C41H28N2S3. The highest BCUT2D eigenvalue weighted by atomic mass is 32.2. The molecule has 2 aliphatic heterocycles. The summed E-state index contributed by atoms with van der Waals surface area (Å²) in [6, 6.07) is 42.6. The van der Waals surface area contributed by atoms with Gasteiger partial charge in [-0.05, 0) is 88.5 Å². The lowest BCUT2D eigenvalue weighted by Crippen LogP contribution is -2.24. The van der Waals surface area contributed by atoms with Gasteiger partial charge in [-0.3, -0.25) is 4.99 Å². The van der Waals surface area contributed by atoms with Crippen LogP contribution in [0.1, 0.15) is 27.6 Å². The van der Waals surface area contributed by atoms with Crippen LogP contribution in [0.25, 0.3) is 52.8 Å². The van der Waals surface area contributed by atoms with Gasteiger partial charge in [-0.15, -0.1) is 22.7 Å². The minimum absolute atomic E-state index is 0.0504. The monoisotopic (exact) mass is 644 g/mol. The number of rotatable bonds is 3. The molecule has 220 valence electrons. The zero-order valence-electron chi connectivity index (χ0n) is 25.3. The second-order valence-electron chi connectivity index (χ2n) is 12.4. The number of thioether (sulfide) groups is 1. The van der Waals surface area contributed by atoms with Crippen LogP contribution in [0.3, 0.4) is 0 Å². The van der Waals surface area contributed by atoms with Gasteiger partial charge < -0.3 is 4.90 Å². The molecule has 5 heteroatoms. The van der Waals surface area contributed by atoms with Gasteiger partial charge in [0.05, 0.1) is 0 Å². The fraction of sp³-hybridized carbons (Fsp3) is 0.0976. The lowest BCUT2D eigenvalue weighted by atomic mass is 9.93. The Morgan fingerprint density at radius 3 is 2.22 bits per heavy atom. The van der Waals surface area contributed by atoms with Crippen LogP contribution in [-0.4, -0.2) is 10.4 Å². The zero-order chi connectivity index (χ0) is 30.5.